The van der Waals surface area contributed by atoms with Crippen molar-refractivity contribution in [3.05, 3.63) is 69.1 Å². The largest absolute Gasteiger partial charge is 0.380 e. The Balaban J connectivity index is 1.60. The molecule has 0 saturated carbocycles. The van der Waals surface area contributed by atoms with Gasteiger partial charge in [0, 0.05) is 27.4 Å². The summed E-state index contributed by atoms with van der Waals surface area (Å²) in [5.74, 6) is 0. The lowest BCUT2D eigenvalue weighted by Gasteiger charge is -2.07. The van der Waals surface area contributed by atoms with Crippen LogP contribution in [-0.2, 0) is 13.1 Å². The molecule has 0 bridgehead atoms. The van der Waals surface area contributed by atoms with Crippen LogP contribution >= 0.6 is 27.3 Å². The molecule has 1 aromatic carbocycles. The smallest absolute Gasteiger partial charge is 0.0659 e. The van der Waals surface area contributed by atoms with E-state index in [1.807, 2.05) is 16.9 Å². The number of thiophene rings is 1. The number of nitrogens with zero attached hydrogens (tertiary/aromatic N) is 2. The first kappa shape index (κ1) is 13.4. The number of halogens is 1. The molecule has 3 nitrogen and oxygen atoms in total. The van der Waals surface area contributed by atoms with E-state index in [1.54, 1.807) is 17.5 Å². The minimum atomic E-state index is 0.809. The van der Waals surface area contributed by atoms with Crippen molar-refractivity contribution < 1.29 is 0 Å². The van der Waals surface area contributed by atoms with Crippen molar-refractivity contribution in [1.82, 2.24) is 9.78 Å². The van der Waals surface area contributed by atoms with Crippen molar-refractivity contribution in [2.75, 3.05) is 5.32 Å². The van der Waals surface area contributed by atoms with Crippen LogP contribution in [0, 0.1) is 0 Å². The molecule has 2 aromatic heterocycles. The van der Waals surface area contributed by atoms with Crippen LogP contribution in [0.4, 0.5) is 5.69 Å². The second-order valence-electron chi connectivity index (χ2n) is 4.45. The average Bonchev–Trinajstić information content (AvgIpc) is 3.10. The maximum Gasteiger partial charge on any atom is 0.0659 e. The molecule has 0 radical (unpaired) electrons. The molecular weight excluding hydrogens is 334 g/mol. The number of hydrogen-bond acceptors (Lipinski definition) is 3. The van der Waals surface area contributed by atoms with Gasteiger partial charge >= 0.3 is 0 Å². The summed E-state index contributed by atoms with van der Waals surface area (Å²) in [6.07, 6.45) is 3.77. The summed E-state index contributed by atoms with van der Waals surface area (Å²) in [7, 11) is 0. The zero-order chi connectivity index (χ0) is 13.8. The van der Waals surface area contributed by atoms with Crippen molar-refractivity contribution in [3.8, 4) is 0 Å². The minimum Gasteiger partial charge on any atom is -0.380 e. The van der Waals surface area contributed by atoms with Gasteiger partial charge in [-0.2, -0.15) is 5.10 Å². The Hall–Kier alpha value is -1.59. The maximum absolute atomic E-state index is 4.21. The van der Waals surface area contributed by atoms with Crippen molar-refractivity contribution in [1.29, 1.82) is 0 Å². The standard InChI is InChI=1S/C15H14BrN3S/c16-14-6-9-20-15(14)10-17-13-4-2-12(3-5-13)11-19-8-1-7-18-19/h1-9,17H,10-11H2. The highest BCUT2D eigenvalue weighted by Gasteiger charge is 2.01. The molecule has 0 saturated heterocycles. The molecule has 2 heterocycles. The first-order valence-electron chi connectivity index (χ1n) is 6.33. The van der Waals surface area contributed by atoms with Crippen LogP contribution in [-0.4, -0.2) is 9.78 Å². The summed E-state index contributed by atoms with van der Waals surface area (Å²) in [6.45, 7) is 1.65. The predicted octanol–water partition coefficient (Wildman–Crippen LogP) is 4.37. The second-order valence-corrected chi connectivity index (χ2v) is 6.30. The van der Waals surface area contributed by atoms with Crippen LogP contribution in [0.3, 0.4) is 0 Å². The van der Waals surface area contributed by atoms with E-state index in [-0.39, 0.29) is 0 Å². The number of anilines is 1. The summed E-state index contributed by atoms with van der Waals surface area (Å²) in [6, 6.07) is 12.5. The van der Waals surface area contributed by atoms with E-state index < -0.39 is 0 Å². The Morgan fingerprint density at radius 3 is 2.70 bits per heavy atom. The van der Waals surface area contributed by atoms with Crippen LogP contribution in [0.25, 0.3) is 0 Å². The Kier molecular flexibility index (Phi) is 4.18. The fraction of sp³-hybridized carbons (Fsp3) is 0.133. The maximum atomic E-state index is 4.21. The molecule has 1 N–H and O–H groups in total. The lowest BCUT2D eigenvalue weighted by Crippen LogP contribution is -2.01. The molecule has 102 valence electrons. The number of aromatic nitrogens is 2. The van der Waals surface area contributed by atoms with Gasteiger partial charge in [-0.1, -0.05) is 12.1 Å². The zero-order valence-electron chi connectivity index (χ0n) is 10.8. The molecule has 0 unspecified atom stereocenters. The van der Waals surface area contributed by atoms with Gasteiger partial charge in [-0.3, -0.25) is 4.68 Å². The first-order valence-corrected chi connectivity index (χ1v) is 8.00. The van der Waals surface area contributed by atoms with Gasteiger partial charge in [-0.05, 0) is 51.1 Å². The van der Waals surface area contributed by atoms with Gasteiger partial charge in [0.15, 0.2) is 0 Å². The molecule has 3 aromatic rings. The Bertz CT molecular complexity index is 659. The van der Waals surface area contributed by atoms with Crippen LogP contribution in [0.1, 0.15) is 10.4 Å². The normalized spacial score (nSPS) is 10.7. The van der Waals surface area contributed by atoms with Gasteiger partial charge in [-0.25, -0.2) is 0 Å². The number of nitrogens with one attached hydrogen (secondary N) is 1. The van der Waals surface area contributed by atoms with Crippen molar-refractivity contribution in [2.45, 2.75) is 13.1 Å². The van der Waals surface area contributed by atoms with E-state index in [0.29, 0.717) is 0 Å². The SMILES string of the molecule is Brc1ccsc1CNc1ccc(Cn2cccn2)cc1. The molecule has 0 amide bonds. The molecule has 0 atom stereocenters. The monoisotopic (exact) mass is 347 g/mol. The van der Waals surface area contributed by atoms with E-state index in [4.69, 9.17) is 0 Å². The fourth-order valence-electron chi connectivity index (χ4n) is 1.94. The van der Waals surface area contributed by atoms with Crippen LogP contribution in [0.5, 0.6) is 0 Å². The van der Waals surface area contributed by atoms with E-state index in [2.05, 4.69) is 62.1 Å². The van der Waals surface area contributed by atoms with E-state index in [9.17, 15) is 0 Å². The molecule has 3 rings (SSSR count). The molecule has 0 spiro atoms. The molecule has 0 aliphatic carbocycles. The topological polar surface area (TPSA) is 29.9 Å². The molecule has 0 aliphatic rings. The third kappa shape index (κ3) is 3.29. The third-order valence-corrected chi connectivity index (χ3v) is 4.93. The highest BCUT2D eigenvalue weighted by atomic mass is 79.9. The zero-order valence-corrected chi connectivity index (χ0v) is 13.2. The van der Waals surface area contributed by atoms with E-state index >= 15 is 0 Å². The predicted molar refractivity (Wildman–Crippen MR) is 87.1 cm³/mol. The number of benzene rings is 1. The number of rotatable bonds is 5. The van der Waals surface area contributed by atoms with Crippen molar-refractivity contribution in [2.24, 2.45) is 0 Å². The van der Waals surface area contributed by atoms with E-state index in [1.165, 1.54) is 14.9 Å². The fourth-order valence-corrected chi connectivity index (χ4v) is 3.37. The Labute approximate surface area is 130 Å². The highest BCUT2D eigenvalue weighted by Crippen LogP contribution is 2.23. The van der Waals surface area contributed by atoms with Gasteiger partial charge < -0.3 is 5.32 Å². The van der Waals surface area contributed by atoms with Crippen LogP contribution < -0.4 is 5.32 Å². The minimum absolute atomic E-state index is 0.809. The Morgan fingerprint density at radius 1 is 1.20 bits per heavy atom. The summed E-state index contributed by atoms with van der Waals surface area (Å²) in [5, 5.41) is 9.73. The summed E-state index contributed by atoms with van der Waals surface area (Å²) < 4.78 is 3.09. The second kappa shape index (κ2) is 6.24. The van der Waals surface area contributed by atoms with Crippen molar-refractivity contribution >= 4 is 33.0 Å². The van der Waals surface area contributed by atoms with Crippen molar-refractivity contribution in [3.63, 3.8) is 0 Å². The van der Waals surface area contributed by atoms with Gasteiger partial charge in [0.1, 0.15) is 0 Å². The highest BCUT2D eigenvalue weighted by molar-refractivity contribution is 9.10. The third-order valence-electron chi connectivity index (χ3n) is 3.00. The molecule has 0 aliphatic heterocycles. The molecule has 0 fully saturated rings. The molecule has 20 heavy (non-hydrogen) atoms. The molecular formula is C15H14BrN3S. The lowest BCUT2D eigenvalue weighted by atomic mass is 10.2. The van der Waals surface area contributed by atoms with Gasteiger partial charge in [0.05, 0.1) is 13.1 Å². The molecule has 5 heteroatoms. The van der Waals surface area contributed by atoms with E-state index in [0.717, 1.165) is 18.8 Å². The number of hydrogen-bond donors (Lipinski definition) is 1. The summed E-state index contributed by atoms with van der Waals surface area (Å²) in [5.41, 5.74) is 2.38. The average molecular weight is 348 g/mol. The van der Waals surface area contributed by atoms with Gasteiger partial charge in [0.25, 0.3) is 0 Å². The van der Waals surface area contributed by atoms with Crippen LogP contribution in [0.15, 0.2) is 58.6 Å². The van der Waals surface area contributed by atoms with Crippen LogP contribution in [0.2, 0.25) is 0 Å². The Morgan fingerprint density at radius 2 is 2.05 bits per heavy atom. The first-order chi connectivity index (χ1) is 9.81. The quantitative estimate of drug-likeness (QED) is 0.742. The summed E-state index contributed by atoms with van der Waals surface area (Å²) >= 11 is 5.30. The van der Waals surface area contributed by atoms with Gasteiger partial charge in [0.2, 0.25) is 0 Å². The van der Waals surface area contributed by atoms with Gasteiger partial charge in [-0.15, -0.1) is 11.3 Å². The lowest BCUT2D eigenvalue weighted by molar-refractivity contribution is 0.687. The summed E-state index contributed by atoms with van der Waals surface area (Å²) in [4.78, 5) is 1.31.